The third-order valence-electron chi connectivity index (χ3n) is 4.28. The summed E-state index contributed by atoms with van der Waals surface area (Å²) in [6, 6.07) is 8.48. The number of methoxy groups -OCH3 is 1. The number of hydrogen-bond acceptors (Lipinski definition) is 6. The van der Waals surface area contributed by atoms with Crippen LogP contribution in [0.5, 0.6) is 6.01 Å². The fourth-order valence-corrected chi connectivity index (χ4v) is 4.37. The molecule has 0 saturated carbocycles. The second-order valence-corrected chi connectivity index (χ2v) is 7.95. The third kappa shape index (κ3) is 3.70. The zero-order valence-electron chi connectivity index (χ0n) is 14.6. The van der Waals surface area contributed by atoms with Gasteiger partial charge in [-0.05, 0) is 25.0 Å². The zero-order valence-corrected chi connectivity index (χ0v) is 15.4. The van der Waals surface area contributed by atoms with Gasteiger partial charge >= 0.3 is 6.01 Å². The van der Waals surface area contributed by atoms with Crippen molar-refractivity contribution >= 4 is 15.9 Å². The van der Waals surface area contributed by atoms with Gasteiger partial charge in [0.15, 0.2) is 0 Å². The third-order valence-corrected chi connectivity index (χ3v) is 6.19. The average Bonchev–Trinajstić information content (AvgIpc) is 3.04. The highest BCUT2D eigenvalue weighted by Crippen LogP contribution is 2.20. The van der Waals surface area contributed by atoms with Crippen LogP contribution in [0.2, 0.25) is 0 Å². The van der Waals surface area contributed by atoms with Gasteiger partial charge in [-0.1, -0.05) is 18.2 Å². The molecule has 9 nitrogen and oxygen atoms in total. The summed E-state index contributed by atoms with van der Waals surface area (Å²) in [7, 11) is -0.408. The minimum atomic E-state index is -3.50. The van der Waals surface area contributed by atoms with Gasteiger partial charge in [0.1, 0.15) is 0 Å². The van der Waals surface area contributed by atoms with Crippen LogP contribution in [0.1, 0.15) is 23.5 Å². The van der Waals surface area contributed by atoms with Crippen LogP contribution in [0, 0.1) is 0 Å². The standard InChI is InChI=1S/C16H21N5O4S/c1-20-16(25-2)18-14(19-20)15(22)17-12-8-10-21(11-9-12)26(23,24)13-6-4-3-5-7-13/h3-7,12H,8-11H2,1-2H3,(H,17,22). The lowest BCUT2D eigenvalue weighted by atomic mass is 10.1. The van der Waals surface area contributed by atoms with Gasteiger partial charge in [-0.3, -0.25) is 4.79 Å². The molecule has 1 aromatic heterocycles. The van der Waals surface area contributed by atoms with Crippen molar-refractivity contribution in [3.8, 4) is 6.01 Å². The maximum absolute atomic E-state index is 12.6. The van der Waals surface area contributed by atoms with Gasteiger partial charge in [-0.2, -0.15) is 9.29 Å². The highest BCUT2D eigenvalue weighted by atomic mass is 32.2. The van der Waals surface area contributed by atoms with Gasteiger partial charge < -0.3 is 10.1 Å². The summed E-state index contributed by atoms with van der Waals surface area (Å²) in [5.74, 6) is -0.364. The SMILES string of the molecule is COc1nc(C(=O)NC2CCN(S(=O)(=O)c3ccccc3)CC2)nn1C. The van der Waals surface area contributed by atoms with Crippen molar-refractivity contribution in [3.05, 3.63) is 36.2 Å². The molecule has 1 aliphatic rings. The molecule has 3 rings (SSSR count). The van der Waals surface area contributed by atoms with Crippen LogP contribution in [-0.4, -0.2) is 59.6 Å². The summed E-state index contributed by atoms with van der Waals surface area (Å²) in [6.45, 7) is 0.697. The number of benzene rings is 1. The highest BCUT2D eigenvalue weighted by Gasteiger charge is 2.30. The molecule has 26 heavy (non-hydrogen) atoms. The van der Waals surface area contributed by atoms with Crippen molar-refractivity contribution in [2.75, 3.05) is 20.2 Å². The molecule has 1 N–H and O–H groups in total. The van der Waals surface area contributed by atoms with Crippen LogP contribution in [-0.2, 0) is 17.1 Å². The van der Waals surface area contributed by atoms with E-state index in [1.807, 2.05) is 0 Å². The average molecular weight is 379 g/mol. The lowest BCUT2D eigenvalue weighted by Gasteiger charge is -2.31. The van der Waals surface area contributed by atoms with E-state index >= 15 is 0 Å². The van der Waals surface area contributed by atoms with Crippen LogP contribution >= 0.6 is 0 Å². The fraction of sp³-hybridized carbons (Fsp3) is 0.438. The number of piperidine rings is 1. The van der Waals surface area contributed by atoms with Crippen molar-refractivity contribution < 1.29 is 17.9 Å². The summed E-state index contributed by atoms with van der Waals surface area (Å²) < 4.78 is 33.1. The van der Waals surface area contributed by atoms with Crippen LogP contribution in [0.15, 0.2) is 35.2 Å². The molecule has 1 fully saturated rings. The number of rotatable bonds is 5. The molecular weight excluding hydrogens is 358 g/mol. The number of sulfonamides is 1. The van der Waals surface area contributed by atoms with E-state index in [-0.39, 0.29) is 22.8 Å². The predicted octanol–water partition coefficient (Wildman–Crippen LogP) is 0.407. The molecule has 0 aliphatic carbocycles. The number of nitrogens with one attached hydrogen (secondary N) is 1. The Morgan fingerprint density at radius 1 is 1.23 bits per heavy atom. The molecule has 0 spiro atoms. The van der Waals surface area contributed by atoms with Gasteiger partial charge in [-0.25, -0.2) is 13.1 Å². The Morgan fingerprint density at radius 2 is 1.88 bits per heavy atom. The maximum Gasteiger partial charge on any atom is 0.314 e. The van der Waals surface area contributed by atoms with Gasteiger partial charge in [0.05, 0.1) is 12.0 Å². The highest BCUT2D eigenvalue weighted by molar-refractivity contribution is 7.89. The summed E-state index contributed by atoms with van der Waals surface area (Å²) >= 11 is 0. The molecule has 1 aromatic carbocycles. The minimum absolute atomic E-state index is 0.0312. The van der Waals surface area contributed by atoms with E-state index in [2.05, 4.69) is 15.4 Å². The van der Waals surface area contributed by atoms with E-state index in [0.29, 0.717) is 25.9 Å². The molecule has 2 heterocycles. The molecule has 0 unspecified atom stereocenters. The molecule has 10 heteroatoms. The monoisotopic (exact) mass is 379 g/mol. The number of amides is 1. The number of nitrogens with zero attached hydrogens (tertiary/aromatic N) is 4. The number of carbonyl (C=O) groups is 1. The smallest absolute Gasteiger partial charge is 0.314 e. The molecule has 1 aliphatic heterocycles. The first-order valence-electron chi connectivity index (χ1n) is 8.23. The number of aryl methyl sites for hydroxylation is 1. The fourth-order valence-electron chi connectivity index (χ4n) is 2.88. The second-order valence-electron chi connectivity index (χ2n) is 6.01. The Hall–Kier alpha value is -2.46. The van der Waals surface area contributed by atoms with Gasteiger partial charge in [0, 0.05) is 26.2 Å². The lowest BCUT2D eigenvalue weighted by molar-refractivity contribution is 0.0913. The molecule has 1 saturated heterocycles. The molecule has 0 radical (unpaired) electrons. The largest absolute Gasteiger partial charge is 0.467 e. The van der Waals surface area contributed by atoms with E-state index in [1.165, 1.54) is 16.1 Å². The summed E-state index contributed by atoms with van der Waals surface area (Å²) in [4.78, 5) is 16.5. The predicted molar refractivity (Wildman–Crippen MR) is 93.2 cm³/mol. The lowest BCUT2D eigenvalue weighted by Crippen LogP contribution is -2.46. The Labute approximate surface area is 152 Å². The Morgan fingerprint density at radius 3 is 2.46 bits per heavy atom. The van der Waals surface area contributed by atoms with Gasteiger partial charge in [-0.15, -0.1) is 5.10 Å². The Bertz CT molecular complexity index is 873. The quantitative estimate of drug-likeness (QED) is 0.806. The van der Waals surface area contributed by atoms with E-state index in [1.54, 1.807) is 37.4 Å². The van der Waals surface area contributed by atoms with E-state index in [9.17, 15) is 13.2 Å². The maximum atomic E-state index is 12.6. The van der Waals surface area contributed by atoms with Crippen molar-refractivity contribution in [2.24, 2.45) is 7.05 Å². The van der Waals surface area contributed by atoms with Crippen molar-refractivity contribution in [3.63, 3.8) is 0 Å². The van der Waals surface area contributed by atoms with Crippen LogP contribution < -0.4 is 10.1 Å². The van der Waals surface area contributed by atoms with Crippen molar-refractivity contribution in [1.29, 1.82) is 0 Å². The molecule has 1 amide bonds. The summed E-state index contributed by atoms with van der Waals surface area (Å²) in [6.07, 6.45) is 1.06. The normalized spacial score (nSPS) is 16.4. The van der Waals surface area contributed by atoms with Crippen LogP contribution in [0.4, 0.5) is 0 Å². The van der Waals surface area contributed by atoms with Gasteiger partial charge in [0.25, 0.3) is 5.91 Å². The Kier molecular flexibility index (Phi) is 5.23. The van der Waals surface area contributed by atoms with Crippen molar-refractivity contribution in [1.82, 2.24) is 24.4 Å². The topological polar surface area (TPSA) is 106 Å². The molecular formula is C16H21N5O4S. The van der Waals surface area contributed by atoms with E-state index in [4.69, 9.17) is 4.74 Å². The number of hydrogen-bond donors (Lipinski definition) is 1. The van der Waals surface area contributed by atoms with E-state index in [0.717, 1.165) is 0 Å². The van der Waals surface area contributed by atoms with Crippen LogP contribution in [0.25, 0.3) is 0 Å². The van der Waals surface area contributed by atoms with Crippen LogP contribution in [0.3, 0.4) is 0 Å². The number of carbonyl (C=O) groups excluding carboxylic acids is 1. The van der Waals surface area contributed by atoms with Crippen molar-refractivity contribution in [2.45, 2.75) is 23.8 Å². The number of ether oxygens (including phenoxy) is 1. The first-order valence-corrected chi connectivity index (χ1v) is 9.67. The molecule has 140 valence electrons. The molecule has 0 atom stereocenters. The first-order chi connectivity index (χ1) is 12.4. The summed E-state index contributed by atoms with van der Waals surface area (Å²) in [5.41, 5.74) is 0. The molecule has 2 aromatic rings. The minimum Gasteiger partial charge on any atom is -0.467 e. The second kappa shape index (κ2) is 7.42. The summed E-state index contributed by atoms with van der Waals surface area (Å²) in [5, 5.41) is 6.86. The number of aromatic nitrogens is 3. The molecule has 0 bridgehead atoms. The zero-order chi connectivity index (χ0) is 18.7. The van der Waals surface area contributed by atoms with E-state index < -0.39 is 15.9 Å². The Balaban J connectivity index is 1.59. The van der Waals surface area contributed by atoms with Gasteiger partial charge in [0.2, 0.25) is 15.8 Å². The first kappa shape index (κ1) is 18.3.